The van der Waals surface area contributed by atoms with Gasteiger partial charge in [0, 0.05) is 38.1 Å². The van der Waals surface area contributed by atoms with Crippen molar-refractivity contribution in [1.29, 1.82) is 0 Å². The number of nitrogens with one attached hydrogen (secondary N) is 2. The number of methoxy groups -OCH3 is 1. The Morgan fingerprint density at radius 1 is 1.14 bits per heavy atom. The minimum atomic E-state index is -0.632. The smallest absolute Gasteiger partial charge is 0.328 e. The van der Waals surface area contributed by atoms with Crippen LogP contribution in [0.5, 0.6) is 0 Å². The summed E-state index contributed by atoms with van der Waals surface area (Å²) in [7, 11) is 1.35. The largest absolute Gasteiger partial charge is 0.467 e. The van der Waals surface area contributed by atoms with Crippen molar-refractivity contribution in [2.75, 3.05) is 32.2 Å². The highest BCUT2D eigenvalue weighted by Crippen LogP contribution is 2.13. The van der Waals surface area contributed by atoms with Crippen LogP contribution >= 0.6 is 11.8 Å². The molecular weight excluding hydrogens is 460 g/mol. The van der Waals surface area contributed by atoms with E-state index in [1.54, 1.807) is 18.0 Å². The van der Waals surface area contributed by atoms with Crippen molar-refractivity contribution < 1.29 is 14.3 Å². The summed E-state index contributed by atoms with van der Waals surface area (Å²) < 4.78 is 4.90. The van der Waals surface area contributed by atoms with Crippen molar-refractivity contribution in [3.8, 4) is 0 Å². The average molecular weight is 501 g/mol. The van der Waals surface area contributed by atoms with E-state index >= 15 is 0 Å². The number of nitrogens with zero attached hydrogens (tertiary/aromatic N) is 2. The van der Waals surface area contributed by atoms with Gasteiger partial charge < -0.3 is 15.4 Å². The lowest BCUT2D eigenvalue weighted by molar-refractivity contribution is -0.145. The summed E-state index contributed by atoms with van der Waals surface area (Å²) in [6, 6.07) is 13.7. The quantitative estimate of drug-likeness (QED) is 0.341. The van der Waals surface area contributed by atoms with Crippen molar-refractivity contribution in [1.82, 2.24) is 20.5 Å². The number of ether oxygens (including phenoxy) is 1. The second kappa shape index (κ2) is 16.3. The fourth-order valence-electron chi connectivity index (χ4n) is 3.86. The Balaban J connectivity index is 2.12. The lowest BCUT2D eigenvalue weighted by atomic mass is 9.98. The Morgan fingerprint density at radius 2 is 1.89 bits per heavy atom. The third kappa shape index (κ3) is 10.8. The number of hydrogen-bond donors (Lipinski definition) is 2. The number of amides is 1. The van der Waals surface area contributed by atoms with Crippen LogP contribution in [0.3, 0.4) is 0 Å². The van der Waals surface area contributed by atoms with E-state index in [1.807, 2.05) is 36.7 Å². The van der Waals surface area contributed by atoms with E-state index in [0.717, 1.165) is 23.3 Å². The average Bonchev–Trinajstić information content (AvgIpc) is 2.89. The fraction of sp³-hybridized carbons (Fsp3) is 0.519. The van der Waals surface area contributed by atoms with Gasteiger partial charge in [-0.15, -0.1) is 0 Å². The van der Waals surface area contributed by atoms with Gasteiger partial charge in [0.05, 0.1) is 13.7 Å². The van der Waals surface area contributed by atoms with E-state index in [2.05, 4.69) is 52.6 Å². The fourth-order valence-corrected chi connectivity index (χ4v) is 4.33. The van der Waals surface area contributed by atoms with Gasteiger partial charge in [-0.1, -0.05) is 56.7 Å². The minimum Gasteiger partial charge on any atom is -0.467 e. The van der Waals surface area contributed by atoms with Crippen LogP contribution in [0.1, 0.15) is 37.8 Å². The second-order valence-electron chi connectivity index (χ2n) is 8.81. The SMILES string of the molecule is CCC(C)C(CN(CC(=O)NC(CCSC)C(=O)OC)Cc1ccccc1)NCc1cccnc1. The van der Waals surface area contributed by atoms with E-state index in [0.29, 0.717) is 32.0 Å². The summed E-state index contributed by atoms with van der Waals surface area (Å²) in [5.74, 6) is 0.602. The van der Waals surface area contributed by atoms with E-state index < -0.39 is 12.0 Å². The molecule has 0 aliphatic carbocycles. The first-order valence-electron chi connectivity index (χ1n) is 12.2. The first-order chi connectivity index (χ1) is 17.0. The molecule has 35 heavy (non-hydrogen) atoms. The van der Waals surface area contributed by atoms with E-state index in [4.69, 9.17) is 4.74 Å². The van der Waals surface area contributed by atoms with Crippen LogP contribution in [0.25, 0.3) is 0 Å². The van der Waals surface area contributed by atoms with Crippen LogP contribution in [0, 0.1) is 5.92 Å². The Kier molecular flexibility index (Phi) is 13.4. The number of benzene rings is 1. The molecule has 2 rings (SSSR count). The maximum absolute atomic E-state index is 13.0. The monoisotopic (exact) mass is 500 g/mol. The van der Waals surface area contributed by atoms with Crippen LogP contribution in [0.4, 0.5) is 0 Å². The molecule has 1 aromatic heterocycles. The number of hydrogen-bond acceptors (Lipinski definition) is 7. The number of carbonyl (C=O) groups is 2. The Hall–Kier alpha value is -2.42. The maximum Gasteiger partial charge on any atom is 0.328 e. The normalized spacial score (nSPS) is 13.7. The minimum absolute atomic E-state index is 0.174. The molecule has 8 heteroatoms. The molecule has 2 N–H and O–H groups in total. The Bertz CT molecular complexity index is 869. The number of carbonyl (C=O) groups excluding carboxylic acids is 2. The van der Waals surface area contributed by atoms with Crippen LogP contribution in [-0.2, 0) is 27.4 Å². The summed E-state index contributed by atoms with van der Waals surface area (Å²) >= 11 is 1.64. The molecule has 0 bridgehead atoms. The molecule has 1 amide bonds. The molecular formula is C27H40N4O3S. The number of aromatic nitrogens is 1. The zero-order chi connectivity index (χ0) is 25.5. The molecule has 2 aromatic rings. The van der Waals surface area contributed by atoms with Crippen LogP contribution in [0.2, 0.25) is 0 Å². The van der Waals surface area contributed by atoms with Gasteiger partial charge in [0.15, 0.2) is 0 Å². The summed E-state index contributed by atoms with van der Waals surface area (Å²) in [4.78, 5) is 31.6. The topological polar surface area (TPSA) is 83.6 Å². The molecule has 3 atom stereocenters. The van der Waals surface area contributed by atoms with Crippen molar-refractivity contribution in [2.24, 2.45) is 5.92 Å². The van der Waals surface area contributed by atoms with Gasteiger partial charge in [-0.05, 0) is 41.5 Å². The standard InChI is InChI=1S/C27H40N4O3S/c1-5-21(2)25(29-17-23-12-9-14-28-16-23)19-31(18-22-10-7-6-8-11-22)20-26(32)30-24(13-15-35-4)27(33)34-3/h6-12,14,16,21,24-25,29H,5,13,15,17-20H2,1-4H3,(H,30,32). The zero-order valence-electron chi connectivity index (χ0n) is 21.4. The third-order valence-electron chi connectivity index (χ3n) is 6.12. The summed E-state index contributed by atoms with van der Waals surface area (Å²) in [5, 5.41) is 6.58. The first kappa shape index (κ1) is 28.8. The number of esters is 1. The van der Waals surface area contributed by atoms with Gasteiger partial charge >= 0.3 is 5.97 Å². The van der Waals surface area contributed by atoms with Crippen molar-refractivity contribution in [3.63, 3.8) is 0 Å². The molecule has 0 spiro atoms. The molecule has 0 radical (unpaired) electrons. The summed E-state index contributed by atoms with van der Waals surface area (Å²) in [6.07, 6.45) is 7.19. The predicted octanol–water partition coefficient (Wildman–Crippen LogP) is 3.50. The molecule has 0 aliphatic rings. The van der Waals surface area contributed by atoms with Gasteiger partial charge in [-0.25, -0.2) is 4.79 Å². The summed E-state index contributed by atoms with van der Waals surface area (Å²) in [6.45, 7) is 6.67. The highest BCUT2D eigenvalue weighted by molar-refractivity contribution is 7.98. The van der Waals surface area contributed by atoms with E-state index in [-0.39, 0.29) is 18.5 Å². The third-order valence-corrected chi connectivity index (χ3v) is 6.77. The molecule has 0 saturated heterocycles. The Labute approximate surface area is 214 Å². The maximum atomic E-state index is 13.0. The lowest BCUT2D eigenvalue weighted by Gasteiger charge is -2.31. The molecule has 0 saturated carbocycles. The highest BCUT2D eigenvalue weighted by atomic mass is 32.2. The van der Waals surface area contributed by atoms with Gasteiger partial charge in [-0.2, -0.15) is 11.8 Å². The number of rotatable bonds is 16. The summed E-state index contributed by atoms with van der Waals surface area (Å²) in [5.41, 5.74) is 2.27. The van der Waals surface area contributed by atoms with Crippen LogP contribution in [-0.4, -0.2) is 66.1 Å². The molecule has 192 valence electrons. The number of thioether (sulfide) groups is 1. The van der Waals surface area contributed by atoms with Gasteiger partial charge in [0.25, 0.3) is 0 Å². The van der Waals surface area contributed by atoms with Gasteiger partial charge in [0.2, 0.25) is 5.91 Å². The zero-order valence-corrected chi connectivity index (χ0v) is 22.2. The molecule has 0 aliphatic heterocycles. The second-order valence-corrected chi connectivity index (χ2v) is 9.80. The number of pyridine rings is 1. The predicted molar refractivity (Wildman–Crippen MR) is 143 cm³/mol. The van der Waals surface area contributed by atoms with Crippen LogP contribution < -0.4 is 10.6 Å². The van der Waals surface area contributed by atoms with Gasteiger partial charge in [-0.3, -0.25) is 14.7 Å². The van der Waals surface area contributed by atoms with Gasteiger partial charge in [0.1, 0.15) is 6.04 Å². The van der Waals surface area contributed by atoms with Crippen LogP contribution in [0.15, 0.2) is 54.9 Å². The molecule has 7 nitrogen and oxygen atoms in total. The van der Waals surface area contributed by atoms with Crippen molar-refractivity contribution in [3.05, 3.63) is 66.0 Å². The van der Waals surface area contributed by atoms with Crippen molar-refractivity contribution >= 4 is 23.6 Å². The molecule has 1 aromatic carbocycles. The lowest BCUT2D eigenvalue weighted by Crippen LogP contribution is -2.50. The molecule has 3 unspecified atom stereocenters. The first-order valence-corrected chi connectivity index (χ1v) is 13.6. The Morgan fingerprint density at radius 3 is 2.51 bits per heavy atom. The van der Waals surface area contributed by atoms with Crippen molar-refractivity contribution in [2.45, 2.75) is 51.9 Å². The molecule has 0 fully saturated rings. The molecule has 1 heterocycles. The van der Waals surface area contributed by atoms with E-state index in [9.17, 15) is 9.59 Å². The van der Waals surface area contributed by atoms with E-state index in [1.165, 1.54) is 7.11 Å². The highest BCUT2D eigenvalue weighted by Gasteiger charge is 2.25.